The zero-order chi connectivity index (χ0) is 11.0. The van der Waals surface area contributed by atoms with Gasteiger partial charge in [0.2, 0.25) is 0 Å². The molecule has 86 valence electrons. The molecule has 0 aliphatic rings. The number of nitrogens with zero attached hydrogens (tertiary/aromatic N) is 1. The lowest BCUT2D eigenvalue weighted by Gasteiger charge is -2.19. The van der Waals surface area contributed by atoms with Crippen molar-refractivity contribution in [2.75, 3.05) is 27.7 Å². The first kappa shape index (κ1) is 14.1. The molecule has 0 fully saturated rings. The molecule has 0 aromatic carbocycles. The van der Waals surface area contributed by atoms with E-state index in [1.807, 2.05) is 7.11 Å². The minimum atomic E-state index is -1.27. The fraction of sp³-hybridized carbons (Fsp3) is 1.00. The van der Waals surface area contributed by atoms with Crippen LogP contribution in [0.1, 0.15) is 25.7 Å². The largest absolute Gasteiger partial charge is 0.420 e. The van der Waals surface area contributed by atoms with Gasteiger partial charge in [-0.05, 0) is 46.2 Å². The van der Waals surface area contributed by atoms with Gasteiger partial charge in [0.05, 0.1) is 0 Å². The summed E-state index contributed by atoms with van der Waals surface area (Å²) in [5.41, 5.74) is 0. The van der Waals surface area contributed by atoms with E-state index in [-0.39, 0.29) is 0 Å². The molecule has 0 saturated heterocycles. The molecule has 0 amide bonds. The van der Waals surface area contributed by atoms with Crippen molar-refractivity contribution in [3.63, 3.8) is 0 Å². The number of hydrogen-bond acceptors (Lipinski definition) is 2. The van der Waals surface area contributed by atoms with E-state index in [0.717, 1.165) is 0 Å². The third-order valence-corrected chi connectivity index (χ3v) is 5.35. The molecule has 2 nitrogen and oxygen atoms in total. The Morgan fingerprint density at radius 2 is 1.57 bits per heavy atom. The predicted octanol–water partition coefficient (Wildman–Crippen LogP) is 2.96. The lowest BCUT2D eigenvalue weighted by atomic mass is 10.2. The fourth-order valence-corrected chi connectivity index (χ4v) is 2.74. The van der Waals surface area contributed by atoms with E-state index in [0.29, 0.717) is 0 Å². The molecule has 0 radical (unpaired) electrons. The Bertz CT molecular complexity index is 137. The lowest BCUT2D eigenvalue weighted by Crippen LogP contribution is -2.27. The maximum Gasteiger partial charge on any atom is 0.186 e. The first-order valence-corrected chi connectivity index (χ1v) is 8.79. The highest BCUT2D eigenvalue weighted by Gasteiger charge is 2.18. The zero-order valence-electron chi connectivity index (χ0n) is 10.6. The average molecular weight is 217 g/mol. The molecule has 3 heteroatoms. The Kier molecular flexibility index (Phi) is 7.50. The maximum absolute atomic E-state index is 5.51. The van der Waals surface area contributed by atoms with Gasteiger partial charge in [-0.1, -0.05) is 19.3 Å². The molecule has 0 spiro atoms. The topological polar surface area (TPSA) is 12.5 Å². The summed E-state index contributed by atoms with van der Waals surface area (Å²) in [5.74, 6) is 0. The van der Waals surface area contributed by atoms with Gasteiger partial charge in [0.1, 0.15) is 0 Å². The number of hydrogen-bond donors (Lipinski definition) is 0. The Morgan fingerprint density at radius 3 is 2.07 bits per heavy atom. The Morgan fingerprint density at radius 1 is 1.00 bits per heavy atom. The first-order chi connectivity index (χ1) is 6.48. The molecular formula is C11H27NOSi. The highest BCUT2D eigenvalue weighted by molar-refractivity contribution is 6.71. The summed E-state index contributed by atoms with van der Waals surface area (Å²) in [5, 5.41) is 0. The number of unbranched alkanes of at least 4 members (excludes halogenated alkanes) is 3. The highest BCUT2D eigenvalue weighted by Crippen LogP contribution is 2.15. The van der Waals surface area contributed by atoms with Crippen molar-refractivity contribution in [3.05, 3.63) is 0 Å². The second-order valence-corrected chi connectivity index (χ2v) is 9.36. The van der Waals surface area contributed by atoms with Crippen LogP contribution in [0.25, 0.3) is 0 Å². The molecule has 0 heterocycles. The molecule has 0 saturated carbocycles. The molecule has 0 atom stereocenters. The van der Waals surface area contributed by atoms with E-state index in [1.165, 1.54) is 38.3 Å². The van der Waals surface area contributed by atoms with Gasteiger partial charge in [0.25, 0.3) is 0 Å². The maximum atomic E-state index is 5.51. The van der Waals surface area contributed by atoms with Crippen molar-refractivity contribution in [2.24, 2.45) is 0 Å². The Hall–Kier alpha value is 0.137. The standard InChI is InChI=1S/C11H27NOSi/c1-12(2)10-8-6-7-9-11-14(4,5)13-3/h6-11H2,1-5H3. The molecule has 0 aliphatic carbocycles. The Balaban J connectivity index is 3.21. The van der Waals surface area contributed by atoms with Crippen LogP contribution in [-0.4, -0.2) is 41.0 Å². The van der Waals surface area contributed by atoms with Gasteiger partial charge in [-0.3, -0.25) is 0 Å². The van der Waals surface area contributed by atoms with Gasteiger partial charge < -0.3 is 9.33 Å². The third kappa shape index (κ3) is 8.72. The molecule has 0 rings (SSSR count). The average Bonchev–Trinajstić information content (AvgIpc) is 2.10. The van der Waals surface area contributed by atoms with Crippen LogP contribution in [0.15, 0.2) is 0 Å². The van der Waals surface area contributed by atoms with Gasteiger partial charge in [0, 0.05) is 7.11 Å². The van der Waals surface area contributed by atoms with Crippen LogP contribution in [0, 0.1) is 0 Å². The summed E-state index contributed by atoms with van der Waals surface area (Å²) in [6.07, 6.45) is 5.42. The van der Waals surface area contributed by atoms with Crippen LogP contribution in [0.3, 0.4) is 0 Å². The third-order valence-electron chi connectivity index (χ3n) is 2.69. The van der Waals surface area contributed by atoms with Crippen molar-refractivity contribution in [2.45, 2.75) is 44.8 Å². The van der Waals surface area contributed by atoms with Crippen LogP contribution >= 0.6 is 0 Å². The normalized spacial score (nSPS) is 12.4. The molecule has 0 aliphatic heterocycles. The number of rotatable bonds is 8. The highest BCUT2D eigenvalue weighted by atomic mass is 28.4. The van der Waals surface area contributed by atoms with Gasteiger partial charge in [-0.2, -0.15) is 0 Å². The minimum absolute atomic E-state index is 1.23. The second-order valence-electron chi connectivity index (χ2n) is 4.93. The van der Waals surface area contributed by atoms with Crippen LogP contribution in [-0.2, 0) is 4.43 Å². The quantitative estimate of drug-likeness (QED) is 0.458. The molecule has 0 aromatic heterocycles. The van der Waals surface area contributed by atoms with Gasteiger partial charge in [-0.15, -0.1) is 0 Å². The SMILES string of the molecule is CO[Si](C)(C)CCCCCCN(C)C. The molecule has 14 heavy (non-hydrogen) atoms. The van der Waals surface area contributed by atoms with Crippen LogP contribution < -0.4 is 0 Å². The van der Waals surface area contributed by atoms with Crippen molar-refractivity contribution in [3.8, 4) is 0 Å². The van der Waals surface area contributed by atoms with Crippen LogP contribution in [0.4, 0.5) is 0 Å². The smallest absolute Gasteiger partial charge is 0.186 e. The van der Waals surface area contributed by atoms with Crippen molar-refractivity contribution in [1.29, 1.82) is 0 Å². The van der Waals surface area contributed by atoms with Crippen molar-refractivity contribution in [1.82, 2.24) is 4.90 Å². The molecule has 0 bridgehead atoms. The van der Waals surface area contributed by atoms with E-state index in [1.54, 1.807) is 0 Å². The molecule has 0 unspecified atom stereocenters. The molecular weight excluding hydrogens is 190 g/mol. The Labute approximate surface area is 90.8 Å². The molecule has 0 aromatic rings. The van der Waals surface area contributed by atoms with E-state index >= 15 is 0 Å². The van der Waals surface area contributed by atoms with E-state index < -0.39 is 8.32 Å². The summed E-state index contributed by atoms with van der Waals surface area (Å²) in [7, 11) is 4.87. The van der Waals surface area contributed by atoms with Crippen LogP contribution in [0.2, 0.25) is 19.1 Å². The van der Waals surface area contributed by atoms with E-state index in [9.17, 15) is 0 Å². The summed E-state index contributed by atoms with van der Waals surface area (Å²) in [6, 6.07) is 1.31. The monoisotopic (exact) mass is 217 g/mol. The fourth-order valence-electron chi connectivity index (χ4n) is 1.43. The second kappa shape index (κ2) is 7.43. The van der Waals surface area contributed by atoms with Gasteiger partial charge in [-0.25, -0.2) is 0 Å². The zero-order valence-corrected chi connectivity index (χ0v) is 11.6. The summed E-state index contributed by atoms with van der Waals surface area (Å²) >= 11 is 0. The first-order valence-electron chi connectivity index (χ1n) is 5.68. The van der Waals surface area contributed by atoms with Gasteiger partial charge in [0.15, 0.2) is 8.32 Å². The van der Waals surface area contributed by atoms with E-state index in [2.05, 4.69) is 32.1 Å². The summed E-state index contributed by atoms with van der Waals surface area (Å²) < 4.78 is 5.51. The van der Waals surface area contributed by atoms with Gasteiger partial charge >= 0.3 is 0 Å². The van der Waals surface area contributed by atoms with E-state index in [4.69, 9.17) is 4.43 Å². The lowest BCUT2D eigenvalue weighted by molar-refractivity contribution is 0.387. The van der Waals surface area contributed by atoms with Crippen molar-refractivity contribution >= 4 is 8.32 Å². The summed E-state index contributed by atoms with van der Waals surface area (Å²) in [6.45, 7) is 5.82. The minimum Gasteiger partial charge on any atom is -0.420 e. The van der Waals surface area contributed by atoms with Crippen molar-refractivity contribution < 1.29 is 4.43 Å². The van der Waals surface area contributed by atoms with Crippen LogP contribution in [0.5, 0.6) is 0 Å². The molecule has 0 N–H and O–H groups in total. The predicted molar refractivity (Wildman–Crippen MR) is 66.3 cm³/mol. The summed E-state index contributed by atoms with van der Waals surface area (Å²) in [4.78, 5) is 2.26.